The number of halogens is 1. The number of hydrogen-bond acceptors (Lipinski definition) is 3. The standard InChI is InChI=1S/C13H14FNO4/c14-10-5-4-8(7-9(10)13(17)18)15-12(16)11-3-1-2-6-19-11/h4-5,7,11H,1-3,6H2,(H,15,16)(H,17,18). The van der Waals surface area contributed by atoms with Crippen LogP contribution in [0.3, 0.4) is 0 Å². The van der Waals surface area contributed by atoms with E-state index in [1.165, 1.54) is 6.07 Å². The molecule has 0 aromatic heterocycles. The normalized spacial score (nSPS) is 18.9. The molecule has 1 fully saturated rings. The molecule has 0 saturated carbocycles. The number of benzene rings is 1. The number of ether oxygens (including phenoxy) is 1. The summed E-state index contributed by atoms with van der Waals surface area (Å²) in [4.78, 5) is 22.6. The predicted octanol–water partition coefficient (Wildman–Crippen LogP) is 2.03. The molecule has 102 valence electrons. The van der Waals surface area contributed by atoms with Crippen molar-refractivity contribution >= 4 is 17.6 Å². The maximum Gasteiger partial charge on any atom is 0.338 e. The van der Waals surface area contributed by atoms with Crippen molar-refractivity contribution in [3.8, 4) is 0 Å². The summed E-state index contributed by atoms with van der Waals surface area (Å²) >= 11 is 0. The monoisotopic (exact) mass is 267 g/mol. The van der Waals surface area contributed by atoms with E-state index in [1.807, 2.05) is 0 Å². The lowest BCUT2D eigenvalue weighted by Crippen LogP contribution is -2.33. The summed E-state index contributed by atoms with van der Waals surface area (Å²) < 4.78 is 18.5. The van der Waals surface area contributed by atoms with Crippen molar-refractivity contribution in [2.75, 3.05) is 11.9 Å². The lowest BCUT2D eigenvalue weighted by molar-refractivity contribution is -0.129. The maximum atomic E-state index is 13.2. The van der Waals surface area contributed by atoms with E-state index in [9.17, 15) is 14.0 Å². The molecule has 2 N–H and O–H groups in total. The molecule has 1 atom stereocenters. The lowest BCUT2D eigenvalue weighted by atomic mass is 10.1. The second kappa shape index (κ2) is 5.79. The molecule has 2 rings (SSSR count). The summed E-state index contributed by atoms with van der Waals surface area (Å²) in [5, 5.41) is 11.3. The van der Waals surface area contributed by atoms with Gasteiger partial charge in [-0.3, -0.25) is 4.79 Å². The molecule has 1 aliphatic heterocycles. The molecule has 0 spiro atoms. The minimum absolute atomic E-state index is 0.248. The maximum absolute atomic E-state index is 13.2. The van der Waals surface area contributed by atoms with Crippen LogP contribution >= 0.6 is 0 Å². The summed E-state index contributed by atoms with van der Waals surface area (Å²) in [7, 11) is 0. The Bertz CT molecular complexity index is 497. The van der Waals surface area contributed by atoms with Gasteiger partial charge in [0.05, 0.1) is 5.56 Å². The van der Waals surface area contributed by atoms with Gasteiger partial charge < -0.3 is 15.2 Å². The fourth-order valence-electron chi connectivity index (χ4n) is 1.94. The van der Waals surface area contributed by atoms with E-state index < -0.39 is 23.5 Å². The molecule has 6 heteroatoms. The Balaban J connectivity index is 2.08. The first kappa shape index (κ1) is 13.5. The summed E-state index contributed by atoms with van der Waals surface area (Å²) in [5.74, 6) is -2.54. The zero-order valence-corrected chi connectivity index (χ0v) is 10.2. The van der Waals surface area contributed by atoms with Gasteiger partial charge in [0.25, 0.3) is 5.91 Å². The topological polar surface area (TPSA) is 75.6 Å². The molecule has 1 aromatic rings. The predicted molar refractivity (Wildman–Crippen MR) is 65.6 cm³/mol. The van der Waals surface area contributed by atoms with Crippen molar-refractivity contribution in [3.05, 3.63) is 29.6 Å². The second-order valence-corrected chi connectivity index (χ2v) is 4.34. The van der Waals surface area contributed by atoms with Gasteiger partial charge in [-0.1, -0.05) is 0 Å². The number of carbonyl (C=O) groups is 2. The Morgan fingerprint density at radius 3 is 2.79 bits per heavy atom. The number of rotatable bonds is 3. The van der Waals surface area contributed by atoms with Gasteiger partial charge in [-0.05, 0) is 37.5 Å². The summed E-state index contributed by atoms with van der Waals surface area (Å²) in [5.41, 5.74) is -0.222. The molecule has 1 amide bonds. The van der Waals surface area contributed by atoms with Crippen LogP contribution in [0.2, 0.25) is 0 Å². The first-order valence-corrected chi connectivity index (χ1v) is 6.03. The van der Waals surface area contributed by atoms with Crippen LogP contribution in [0.5, 0.6) is 0 Å². The minimum Gasteiger partial charge on any atom is -0.478 e. The van der Waals surface area contributed by atoms with E-state index in [1.54, 1.807) is 0 Å². The molecule has 1 aliphatic rings. The Morgan fingerprint density at radius 2 is 2.16 bits per heavy atom. The third kappa shape index (κ3) is 3.29. The molecule has 1 heterocycles. The Kier molecular flexibility index (Phi) is 4.11. The molecule has 1 unspecified atom stereocenters. The zero-order valence-electron chi connectivity index (χ0n) is 10.2. The number of amides is 1. The van der Waals surface area contributed by atoms with Gasteiger partial charge in [0.2, 0.25) is 0 Å². The molecule has 0 aliphatic carbocycles. The van der Waals surface area contributed by atoms with Crippen LogP contribution in [0.15, 0.2) is 18.2 Å². The van der Waals surface area contributed by atoms with E-state index in [2.05, 4.69) is 5.32 Å². The van der Waals surface area contributed by atoms with Crippen molar-refractivity contribution in [2.45, 2.75) is 25.4 Å². The second-order valence-electron chi connectivity index (χ2n) is 4.34. The molecule has 0 radical (unpaired) electrons. The Labute approximate surface area is 109 Å². The van der Waals surface area contributed by atoms with Crippen LogP contribution in [0, 0.1) is 5.82 Å². The molecular formula is C13H14FNO4. The van der Waals surface area contributed by atoms with Crippen LogP contribution in [0.4, 0.5) is 10.1 Å². The van der Waals surface area contributed by atoms with E-state index in [0.717, 1.165) is 25.0 Å². The number of nitrogens with one attached hydrogen (secondary N) is 1. The molecular weight excluding hydrogens is 253 g/mol. The number of aromatic carboxylic acids is 1. The fourth-order valence-corrected chi connectivity index (χ4v) is 1.94. The smallest absolute Gasteiger partial charge is 0.338 e. The van der Waals surface area contributed by atoms with Gasteiger partial charge in [-0.15, -0.1) is 0 Å². The fraction of sp³-hybridized carbons (Fsp3) is 0.385. The van der Waals surface area contributed by atoms with E-state index in [4.69, 9.17) is 9.84 Å². The Hall–Kier alpha value is -1.95. The van der Waals surface area contributed by atoms with Gasteiger partial charge in [-0.25, -0.2) is 9.18 Å². The number of carbonyl (C=O) groups excluding carboxylic acids is 1. The lowest BCUT2D eigenvalue weighted by Gasteiger charge is -2.21. The third-order valence-corrected chi connectivity index (χ3v) is 2.94. The average molecular weight is 267 g/mol. The van der Waals surface area contributed by atoms with Crippen LogP contribution in [-0.4, -0.2) is 29.7 Å². The number of anilines is 1. The molecule has 1 saturated heterocycles. The summed E-state index contributed by atoms with van der Waals surface area (Å²) in [6.07, 6.45) is 1.97. The third-order valence-electron chi connectivity index (χ3n) is 2.94. The minimum atomic E-state index is -1.37. The van der Waals surface area contributed by atoms with Crippen molar-refractivity contribution in [2.24, 2.45) is 0 Å². The quantitative estimate of drug-likeness (QED) is 0.878. The summed E-state index contributed by atoms with van der Waals surface area (Å²) in [6, 6.07) is 3.43. The van der Waals surface area contributed by atoms with Gasteiger partial charge in [0.15, 0.2) is 0 Å². The van der Waals surface area contributed by atoms with E-state index >= 15 is 0 Å². The van der Waals surface area contributed by atoms with Crippen molar-refractivity contribution < 1.29 is 23.8 Å². The largest absolute Gasteiger partial charge is 0.478 e. The van der Waals surface area contributed by atoms with Crippen molar-refractivity contribution in [3.63, 3.8) is 0 Å². The molecule has 1 aromatic carbocycles. The van der Waals surface area contributed by atoms with Gasteiger partial charge in [0.1, 0.15) is 11.9 Å². The highest BCUT2D eigenvalue weighted by molar-refractivity contribution is 5.96. The Morgan fingerprint density at radius 1 is 1.37 bits per heavy atom. The van der Waals surface area contributed by atoms with Crippen LogP contribution < -0.4 is 5.32 Å². The van der Waals surface area contributed by atoms with E-state index in [0.29, 0.717) is 13.0 Å². The number of hydrogen-bond donors (Lipinski definition) is 2. The van der Waals surface area contributed by atoms with Gasteiger partial charge in [-0.2, -0.15) is 0 Å². The van der Waals surface area contributed by atoms with Crippen LogP contribution in [-0.2, 0) is 9.53 Å². The molecule has 0 bridgehead atoms. The first-order valence-electron chi connectivity index (χ1n) is 6.03. The van der Waals surface area contributed by atoms with Gasteiger partial charge >= 0.3 is 5.97 Å². The number of carboxylic acids is 1. The van der Waals surface area contributed by atoms with Crippen LogP contribution in [0.25, 0.3) is 0 Å². The van der Waals surface area contributed by atoms with Crippen molar-refractivity contribution in [1.82, 2.24) is 0 Å². The highest BCUT2D eigenvalue weighted by atomic mass is 19.1. The van der Waals surface area contributed by atoms with Crippen molar-refractivity contribution in [1.29, 1.82) is 0 Å². The highest BCUT2D eigenvalue weighted by Crippen LogP contribution is 2.18. The molecule has 5 nitrogen and oxygen atoms in total. The molecule has 19 heavy (non-hydrogen) atoms. The van der Waals surface area contributed by atoms with E-state index in [-0.39, 0.29) is 11.6 Å². The first-order chi connectivity index (χ1) is 9.08. The average Bonchev–Trinajstić information content (AvgIpc) is 2.41. The summed E-state index contributed by atoms with van der Waals surface area (Å²) in [6.45, 7) is 0.544. The van der Waals surface area contributed by atoms with Gasteiger partial charge in [0, 0.05) is 12.3 Å². The zero-order chi connectivity index (χ0) is 13.8. The highest BCUT2D eigenvalue weighted by Gasteiger charge is 2.22. The SMILES string of the molecule is O=C(O)c1cc(NC(=O)C2CCCCO2)ccc1F. The van der Waals surface area contributed by atoms with Crippen LogP contribution in [0.1, 0.15) is 29.6 Å². The number of carboxylic acid groups (broad SMARTS) is 1.